The summed E-state index contributed by atoms with van der Waals surface area (Å²) in [7, 11) is 0. The third-order valence-corrected chi connectivity index (χ3v) is 3.65. The first-order valence-corrected chi connectivity index (χ1v) is 6.75. The third kappa shape index (κ3) is 2.27. The summed E-state index contributed by atoms with van der Waals surface area (Å²) in [5, 5.41) is 3.91. The van der Waals surface area contributed by atoms with Gasteiger partial charge in [0.05, 0.1) is 11.7 Å². The van der Waals surface area contributed by atoms with Gasteiger partial charge in [0.1, 0.15) is 0 Å². The molecule has 2 aromatic rings. The number of carbonyl (C=O) groups excluding carboxylic acids is 1. The van der Waals surface area contributed by atoms with Gasteiger partial charge in [-0.2, -0.15) is 0 Å². The summed E-state index contributed by atoms with van der Waals surface area (Å²) >= 11 is 0. The molecule has 3 rings (SSSR count). The Labute approximate surface area is 117 Å². The topological polar surface area (TPSA) is 72.4 Å². The van der Waals surface area contributed by atoms with Crippen molar-refractivity contribution in [1.82, 2.24) is 10.1 Å². The van der Waals surface area contributed by atoms with Crippen LogP contribution in [0.15, 0.2) is 34.9 Å². The maximum atomic E-state index is 12.6. The first-order valence-electron chi connectivity index (χ1n) is 6.75. The average Bonchev–Trinajstić information content (AvgIpc) is 3.07. The molecule has 0 aliphatic carbocycles. The molecule has 2 N–H and O–H groups in total. The molecule has 1 unspecified atom stereocenters. The van der Waals surface area contributed by atoms with Crippen LogP contribution < -0.4 is 5.73 Å². The predicted molar refractivity (Wildman–Crippen MR) is 75.1 cm³/mol. The normalized spacial score (nSPS) is 18.4. The second kappa shape index (κ2) is 5.00. The van der Waals surface area contributed by atoms with Crippen LogP contribution >= 0.6 is 0 Å². The van der Waals surface area contributed by atoms with Crippen LogP contribution in [0.5, 0.6) is 0 Å². The number of aromatic nitrogens is 1. The van der Waals surface area contributed by atoms with Crippen molar-refractivity contribution >= 4 is 11.6 Å². The summed E-state index contributed by atoms with van der Waals surface area (Å²) < 4.78 is 5.32. The highest BCUT2D eigenvalue weighted by atomic mass is 16.5. The van der Waals surface area contributed by atoms with E-state index in [1.165, 1.54) is 0 Å². The van der Waals surface area contributed by atoms with Crippen LogP contribution in [0.2, 0.25) is 0 Å². The van der Waals surface area contributed by atoms with Crippen LogP contribution in [0.3, 0.4) is 0 Å². The van der Waals surface area contributed by atoms with Gasteiger partial charge in [-0.3, -0.25) is 4.79 Å². The number of anilines is 1. The van der Waals surface area contributed by atoms with Crippen molar-refractivity contribution in [2.45, 2.75) is 25.8 Å². The number of likely N-dealkylation sites (tertiary alicyclic amines) is 1. The SMILES string of the molecule is Cc1cc(C2CCCN2C(=O)c2ccc(N)cc2)on1. The zero-order chi connectivity index (χ0) is 14.1. The number of nitrogens with two attached hydrogens (primary N) is 1. The van der Waals surface area contributed by atoms with Crippen molar-refractivity contribution < 1.29 is 9.32 Å². The zero-order valence-electron chi connectivity index (χ0n) is 11.4. The van der Waals surface area contributed by atoms with Gasteiger partial charge in [-0.1, -0.05) is 5.16 Å². The predicted octanol–water partition coefficient (Wildman–Crippen LogP) is 2.54. The Morgan fingerprint density at radius 1 is 1.40 bits per heavy atom. The van der Waals surface area contributed by atoms with Crippen molar-refractivity contribution in [3.05, 3.63) is 47.3 Å². The molecule has 104 valence electrons. The molecule has 0 saturated carbocycles. The lowest BCUT2D eigenvalue weighted by atomic mass is 10.1. The average molecular weight is 271 g/mol. The van der Waals surface area contributed by atoms with E-state index in [0.29, 0.717) is 11.3 Å². The number of nitrogen functional groups attached to an aromatic ring is 1. The summed E-state index contributed by atoms with van der Waals surface area (Å²) in [6.45, 7) is 2.63. The molecular weight excluding hydrogens is 254 g/mol. The Balaban J connectivity index is 1.85. The summed E-state index contributed by atoms with van der Waals surface area (Å²) in [6.07, 6.45) is 1.89. The Kier molecular flexibility index (Phi) is 3.18. The van der Waals surface area contributed by atoms with Gasteiger partial charge in [0, 0.05) is 23.9 Å². The lowest BCUT2D eigenvalue weighted by Crippen LogP contribution is -2.30. The number of rotatable bonds is 2. The summed E-state index contributed by atoms with van der Waals surface area (Å²) in [5.41, 5.74) is 7.81. The largest absolute Gasteiger partial charge is 0.399 e. The van der Waals surface area contributed by atoms with Crippen LogP contribution in [-0.2, 0) is 0 Å². The van der Waals surface area contributed by atoms with E-state index in [1.807, 2.05) is 17.9 Å². The van der Waals surface area contributed by atoms with Gasteiger partial charge in [0.2, 0.25) is 0 Å². The van der Waals surface area contributed by atoms with Crippen molar-refractivity contribution in [2.75, 3.05) is 12.3 Å². The number of carbonyl (C=O) groups is 1. The van der Waals surface area contributed by atoms with Gasteiger partial charge < -0.3 is 15.2 Å². The van der Waals surface area contributed by atoms with Crippen LogP contribution in [0.25, 0.3) is 0 Å². The molecule has 20 heavy (non-hydrogen) atoms. The number of benzene rings is 1. The molecule has 1 aromatic carbocycles. The van der Waals surface area contributed by atoms with E-state index < -0.39 is 0 Å². The Morgan fingerprint density at radius 3 is 2.80 bits per heavy atom. The molecule has 1 amide bonds. The maximum Gasteiger partial charge on any atom is 0.254 e. The molecule has 1 aliphatic rings. The summed E-state index contributed by atoms with van der Waals surface area (Å²) in [5.74, 6) is 0.783. The number of aryl methyl sites for hydroxylation is 1. The van der Waals surface area contributed by atoms with Gasteiger partial charge >= 0.3 is 0 Å². The van der Waals surface area contributed by atoms with Crippen LogP contribution in [0.1, 0.15) is 40.7 Å². The van der Waals surface area contributed by atoms with E-state index in [-0.39, 0.29) is 11.9 Å². The zero-order valence-corrected chi connectivity index (χ0v) is 11.4. The van der Waals surface area contributed by atoms with Crippen LogP contribution in [0, 0.1) is 6.92 Å². The Morgan fingerprint density at radius 2 is 2.15 bits per heavy atom. The van der Waals surface area contributed by atoms with Gasteiger partial charge in [0.15, 0.2) is 5.76 Å². The first-order chi connectivity index (χ1) is 9.65. The molecule has 1 fully saturated rings. The van der Waals surface area contributed by atoms with E-state index in [0.717, 1.165) is 30.8 Å². The van der Waals surface area contributed by atoms with Crippen molar-refractivity contribution in [1.29, 1.82) is 0 Å². The second-order valence-corrected chi connectivity index (χ2v) is 5.15. The Bertz CT molecular complexity index is 618. The fourth-order valence-corrected chi connectivity index (χ4v) is 2.64. The molecule has 0 radical (unpaired) electrons. The van der Waals surface area contributed by atoms with Crippen molar-refractivity contribution in [2.24, 2.45) is 0 Å². The van der Waals surface area contributed by atoms with Gasteiger partial charge in [0.25, 0.3) is 5.91 Å². The van der Waals surface area contributed by atoms with Gasteiger partial charge in [-0.25, -0.2) is 0 Å². The van der Waals surface area contributed by atoms with Crippen LogP contribution in [-0.4, -0.2) is 22.5 Å². The molecule has 1 aromatic heterocycles. The highest BCUT2D eigenvalue weighted by Crippen LogP contribution is 2.33. The second-order valence-electron chi connectivity index (χ2n) is 5.15. The molecule has 1 saturated heterocycles. The van der Waals surface area contributed by atoms with Crippen LogP contribution in [0.4, 0.5) is 5.69 Å². The molecule has 5 nitrogen and oxygen atoms in total. The van der Waals surface area contributed by atoms with Crippen molar-refractivity contribution in [3.63, 3.8) is 0 Å². The number of hydrogen-bond acceptors (Lipinski definition) is 4. The summed E-state index contributed by atoms with van der Waals surface area (Å²) in [6, 6.07) is 8.91. The van der Waals surface area contributed by atoms with Crippen molar-refractivity contribution in [3.8, 4) is 0 Å². The minimum Gasteiger partial charge on any atom is -0.399 e. The standard InChI is InChI=1S/C15H17N3O2/c1-10-9-14(20-17-10)13-3-2-8-18(13)15(19)11-4-6-12(16)7-5-11/h4-7,9,13H,2-3,8,16H2,1H3. The molecule has 2 heterocycles. The Hall–Kier alpha value is -2.30. The van der Waals surface area contributed by atoms with E-state index in [9.17, 15) is 4.79 Å². The molecule has 0 bridgehead atoms. The number of nitrogens with zero attached hydrogens (tertiary/aromatic N) is 2. The lowest BCUT2D eigenvalue weighted by Gasteiger charge is -2.22. The smallest absolute Gasteiger partial charge is 0.254 e. The lowest BCUT2D eigenvalue weighted by molar-refractivity contribution is 0.0714. The number of amides is 1. The molecule has 5 heteroatoms. The minimum absolute atomic E-state index is 0.0127. The van der Waals surface area contributed by atoms with E-state index in [2.05, 4.69) is 5.16 Å². The highest BCUT2D eigenvalue weighted by molar-refractivity contribution is 5.95. The third-order valence-electron chi connectivity index (χ3n) is 3.65. The molecular formula is C15H17N3O2. The fourth-order valence-electron chi connectivity index (χ4n) is 2.64. The monoisotopic (exact) mass is 271 g/mol. The summed E-state index contributed by atoms with van der Waals surface area (Å²) in [4.78, 5) is 14.4. The van der Waals surface area contributed by atoms with E-state index >= 15 is 0 Å². The minimum atomic E-state index is -0.0127. The van der Waals surface area contributed by atoms with Gasteiger partial charge in [-0.05, 0) is 44.0 Å². The molecule has 1 aliphatic heterocycles. The first kappa shape index (κ1) is 12.7. The van der Waals surface area contributed by atoms with E-state index in [1.54, 1.807) is 24.3 Å². The number of hydrogen-bond donors (Lipinski definition) is 1. The van der Waals surface area contributed by atoms with E-state index in [4.69, 9.17) is 10.3 Å². The quantitative estimate of drug-likeness (QED) is 0.852. The van der Waals surface area contributed by atoms with Gasteiger partial charge in [-0.15, -0.1) is 0 Å². The fraction of sp³-hybridized carbons (Fsp3) is 0.333. The highest BCUT2D eigenvalue weighted by Gasteiger charge is 2.33. The molecule has 1 atom stereocenters. The maximum absolute atomic E-state index is 12.6. The molecule has 0 spiro atoms.